The molecule has 0 fully saturated rings. The molecule has 2 unspecified atom stereocenters. The monoisotopic (exact) mass is 684 g/mol. The van der Waals surface area contributed by atoms with Crippen molar-refractivity contribution in [2.24, 2.45) is 0 Å². The molecule has 0 radical (unpaired) electrons. The number of aryl methyl sites for hydroxylation is 1. The Morgan fingerprint density at radius 1 is 0.667 bits per heavy atom. The van der Waals surface area contributed by atoms with E-state index in [-0.39, 0.29) is 30.2 Å². The van der Waals surface area contributed by atoms with Crippen molar-refractivity contribution >= 4 is 17.6 Å². The van der Waals surface area contributed by atoms with E-state index in [1.165, 1.54) is 44.5 Å². The van der Waals surface area contributed by atoms with Crippen molar-refractivity contribution in [2.45, 2.75) is 51.6 Å². The van der Waals surface area contributed by atoms with Crippen LogP contribution in [0.1, 0.15) is 76.1 Å². The van der Waals surface area contributed by atoms with Gasteiger partial charge in [0.15, 0.2) is 0 Å². The molecule has 4 aromatic rings. The van der Waals surface area contributed by atoms with Crippen molar-refractivity contribution in [1.29, 1.82) is 0 Å². The summed E-state index contributed by atoms with van der Waals surface area (Å²) in [6.07, 6.45) is 17.6. The normalized spacial score (nSPS) is 15.8. The van der Waals surface area contributed by atoms with Crippen LogP contribution in [0.3, 0.4) is 0 Å². The Morgan fingerprint density at radius 2 is 1.10 bits per heavy atom. The standard InChI is InChI=1S/C19H19.C17H15.C2H6Si.2ClH.Zr/c1-14(2)17-12-16-10-6-7-11-18(19(16)13-17)15-8-4-3-5-9-15;1-13-11-15-9-5-6-10-16(17(15)12-13)14-7-3-2-4-8-14;1-3-2;;;/h3-14,18H,1-2H3;2-12,16H,1H3;1-2H3;2*1H;/q2*-1;;;;+2/p-2. The molecule has 2 atom stereocenters. The van der Waals surface area contributed by atoms with Gasteiger partial charge in [0.05, 0.1) is 0 Å². The Morgan fingerprint density at radius 3 is 1.55 bits per heavy atom. The summed E-state index contributed by atoms with van der Waals surface area (Å²) in [5.41, 5.74) is 11.3. The second kappa shape index (κ2) is 17.8. The average Bonchev–Trinajstić information content (AvgIpc) is 3.40. The van der Waals surface area contributed by atoms with Crippen molar-refractivity contribution in [3.8, 4) is 0 Å². The molecule has 0 spiro atoms. The van der Waals surface area contributed by atoms with Crippen LogP contribution in [-0.2, 0) is 23.3 Å². The molecule has 0 aromatic heterocycles. The molecule has 0 amide bonds. The Kier molecular flexibility index (Phi) is 15.2. The summed E-state index contributed by atoms with van der Waals surface area (Å²) in [7, 11) is 0. The van der Waals surface area contributed by atoms with E-state index in [0.717, 1.165) is 0 Å². The van der Waals surface area contributed by atoms with Gasteiger partial charge in [-0.2, -0.15) is 34.4 Å². The zero-order valence-corrected chi connectivity index (χ0v) is 30.2. The Balaban J connectivity index is 0.000000251. The number of benzene rings is 2. The molecule has 42 heavy (non-hydrogen) atoms. The molecule has 0 saturated heterocycles. The van der Waals surface area contributed by atoms with Gasteiger partial charge in [0, 0.05) is 0 Å². The molecule has 2 aliphatic carbocycles. The minimum absolute atomic E-state index is 0. The molecular weight excluding hydrogens is 647 g/mol. The summed E-state index contributed by atoms with van der Waals surface area (Å²) in [5.74, 6) is 1.34. The average molecular weight is 687 g/mol. The fourth-order valence-corrected chi connectivity index (χ4v) is 5.21. The third-order valence-electron chi connectivity index (χ3n) is 7.11. The molecule has 216 valence electrons. The molecule has 2 aliphatic rings. The van der Waals surface area contributed by atoms with Gasteiger partial charge in [0.2, 0.25) is 0 Å². The molecule has 0 bridgehead atoms. The molecule has 0 nitrogen and oxygen atoms in total. The second-order valence-electron chi connectivity index (χ2n) is 11.1. The van der Waals surface area contributed by atoms with E-state index in [9.17, 15) is 0 Å². The van der Waals surface area contributed by atoms with Gasteiger partial charge in [-0.3, -0.25) is 0 Å². The zero-order valence-electron chi connectivity index (χ0n) is 25.2. The fourth-order valence-electron chi connectivity index (χ4n) is 5.21. The van der Waals surface area contributed by atoms with Crippen LogP contribution in [0.4, 0.5) is 0 Å². The van der Waals surface area contributed by atoms with E-state index in [1.807, 2.05) is 0 Å². The minimum atomic E-state index is 0. The van der Waals surface area contributed by atoms with Gasteiger partial charge in [-0.15, -0.1) is 47.6 Å². The third-order valence-corrected chi connectivity index (χ3v) is 7.11. The van der Waals surface area contributed by atoms with Gasteiger partial charge in [-0.05, 0) is 28.9 Å². The molecule has 4 heteroatoms. The Labute approximate surface area is 281 Å². The van der Waals surface area contributed by atoms with Gasteiger partial charge in [-0.1, -0.05) is 106 Å². The summed E-state index contributed by atoms with van der Waals surface area (Å²) < 4.78 is 0. The van der Waals surface area contributed by atoms with Gasteiger partial charge >= 0.3 is 41.9 Å². The minimum Gasteiger partial charge on any atom is -1.00 e. The van der Waals surface area contributed by atoms with Crippen LogP contribution in [0.15, 0.2) is 121 Å². The van der Waals surface area contributed by atoms with Crippen molar-refractivity contribution in [1.82, 2.24) is 0 Å². The van der Waals surface area contributed by atoms with Crippen LogP contribution in [0.2, 0.25) is 13.1 Å². The van der Waals surface area contributed by atoms with E-state index in [4.69, 9.17) is 0 Å². The second-order valence-corrected chi connectivity index (χ2v) is 20.4. The predicted octanol–water partition coefficient (Wildman–Crippen LogP) is 4.46. The predicted molar refractivity (Wildman–Crippen MR) is 173 cm³/mol. The maximum Gasteiger partial charge on any atom is -0.0144 e. The number of hydrogen-bond donors (Lipinski definition) is 0. The van der Waals surface area contributed by atoms with Crippen LogP contribution in [0.25, 0.3) is 12.2 Å². The summed E-state index contributed by atoms with van der Waals surface area (Å²) >= 11 is 1.74. The topological polar surface area (TPSA) is 0 Å². The molecule has 4 aromatic carbocycles. The van der Waals surface area contributed by atoms with Crippen LogP contribution >= 0.6 is 0 Å². The van der Waals surface area contributed by atoms with Crippen molar-refractivity contribution < 1.29 is 48.1 Å². The van der Waals surface area contributed by atoms with E-state index in [2.05, 4.69) is 167 Å². The molecule has 0 aliphatic heterocycles. The molecule has 0 heterocycles. The number of hydrogen-bond acceptors (Lipinski definition) is 0. The number of fused-ring (bicyclic) bond motifs is 2. The van der Waals surface area contributed by atoms with E-state index in [0.29, 0.717) is 17.8 Å². The number of halogens is 2. The first-order valence-corrected chi connectivity index (χ1v) is 20.4. The van der Waals surface area contributed by atoms with Crippen molar-refractivity contribution in [3.05, 3.63) is 166 Å². The number of allylic oxidation sites excluding steroid dienone is 6. The summed E-state index contributed by atoms with van der Waals surface area (Å²) in [6.45, 7) is 11.3. The molecule has 0 saturated carbocycles. The fraction of sp³-hybridized carbons (Fsp3) is 0.211. The first kappa shape index (κ1) is 36.0. The van der Waals surface area contributed by atoms with Crippen molar-refractivity contribution in [2.75, 3.05) is 0 Å². The van der Waals surface area contributed by atoms with Crippen LogP contribution in [0.5, 0.6) is 0 Å². The van der Waals surface area contributed by atoms with Crippen LogP contribution in [-0.4, -0.2) is 5.43 Å². The maximum atomic E-state index is 2.37. The summed E-state index contributed by atoms with van der Waals surface area (Å²) in [4.78, 5) is 0. The van der Waals surface area contributed by atoms with Gasteiger partial charge in [0.1, 0.15) is 0 Å². The molecule has 6 rings (SSSR count). The Hall–Kier alpha value is -2.22. The van der Waals surface area contributed by atoms with E-state index >= 15 is 0 Å². The summed E-state index contributed by atoms with van der Waals surface area (Å²) in [5, 5.41) is 0. The van der Waals surface area contributed by atoms with Gasteiger partial charge < -0.3 is 24.8 Å². The Bertz CT molecular complexity index is 1510. The first-order valence-electron chi connectivity index (χ1n) is 14.2. The largest absolute Gasteiger partial charge is 1.00 e. The first-order chi connectivity index (χ1) is 19.3. The van der Waals surface area contributed by atoms with Crippen LogP contribution < -0.4 is 24.8 Å². The quantitative estimate of drug-likeness (QED) is 0.221. The molecular formula is C38H40Cl2SiZr-2. The van der Waals surface area contributed by atoms with Crippen LogP contribution in [0, 0.1) is 6.92 Å². The SMILES string of the molecule is CC(C)c1cc2c([cH-]1)C=CC=CC2c1ccccc1.C[Si](C)=[Zr+2].Cc1cc2c([cH-]1)C=CC=CC2c1ccccc1.[Cl-].[Cl-]. The van der Waals surface area contributed by atoms with E-state index in [1.54, 1.807) is 23.3 Å². The zero-order chi connectivity index (χ0) is 28.5. The smallest absolute Gasteiger partial charge is 0.0144 e. The van der Waals surface area contributed by atoms with Gasteiger partial charge in [-0.25, -0.2) is 0 Å². The number of rotatable bonds is 3. The third kappa shape index (κ3) is 9.92. The summed E-state index contributed by atoms with van der Waals surface area (Å²) in [6, 6.07) is 30.7. The molecule has 0 N–H and O–H groups in total. The van der Waals surface area contributed by atoms with E-state index < -0.39 is 0 Å². The maximum absolute atomic E-state index is 2.37. The van der Waals surface area contributed by atoms with Gasteiger partial charge in [0.25, 0.3) is 0 Å². The van der Waals surface area contributed by atoms with Crippen molar-refractivity contribution in [3.63, 3.8) is 0 Å².